The molecule has 4 aliphatic rings. The van der Waals surface area contributed by atoms with Gasteiger partial charge in [0.05, 0.1) is 16.4 Å². The number of hydrogen-bond acceptors (Lipinski definition) is 5. The first-order chi connectivity index (χ1) is 15.6. The van der Waals surface area contributed by atoms with Crippen molar-refractivity contribution in [1.29, 1.82) is 0 Å². The minimum Gasteiger partial charge on any atom is -0.457 e. The van der Waals surface area contributed by atoms with Crippen LogP contribution in [0.25, 0.3) is 0 Å². The number of halogens is 2. The number of carbonyl (C=O) groups is 3. The normalized spacial score (nSPS) is 45.7. The Hall–Kier alpha value is -1.53. The number of carbonyl (C=O) groups excluding carboxylic acids is 3. The fraction of sp³-hybridized carbons (Fsp3) is 0.741. The summed E-state index contributed by atoms with van der Waals surface area (Å²) < 4.78 is 20.9. The lowest BCUT2D eigenvalue weighted by molar-refractivity contribution is -0.159. The molecule has 3 saturated carbocycles. The second kappa shape index (κ2) is 7.99. The number of fused-ring (bicyclic) bond motifs is 5. The maximum atomic E-state index is 15.5. The van der Waals surface area contributed by atoms with Crippen LogP contribution in [0.2, 0.25) is 0 Å². The Kier molecular flexibility index (Phi) is 6.01. The zero-order chi connectivity index (χ0) is 25.4. The lowest BCUT2D eigenvalue weighted by atomic mass is 9.46. The summed E-state index contributed by atoms with van der Waals surface area (Å²) in [5.41, 5.74) is -1.97. The van der Waals surface area contributed by atoms with Gasteiger partial charge in [0.2, 0.25) is 0 Å². The van der Waals surface area contributed by atoms with E-state index in [1.165, 1.54) is 12.2 Å². The Balaban J connectivity index is 1.67. The summed E-state index contributed by atoms with van der Waals surface area (Å²) in [6.45, 7) is 10.7. The van der Waals surface area contributed by atoms with E-state index >= 15 is 4.39 Å². The van der Waals surface area contributed by atoms with Crippen molar-refractivity contribution < 1.29 is 28.6 Å². The standard InChI is InChI=1S/C27H36ClFO5/c1-14-9-16-17-11-19(29)18-10-15(30)7-8-26(18,6)27(17,28)21(32)12-25(16,5)22(14)20(31)13-34-23(33)24(2,3)4/h7-8,10,14,16-17,19,21-22,32H,9,11-13H2,1-6H3/t14-,16-,17+,19+,21-,22-,25+,26+,27+/m1/s1. The van der Waals surface area contributed by atoms with Crippen molar-refractivity contribution in [2.45, 2.75) is 78.0 Å². The third-order valence-electron chi connectivity index (χ3n) is 9.27. The Morgan fingerprint density at radius 2 is 1.88 bits per heavy atom. The summed E-state index contributed by atoms with van der Waals surface area (Å²) in [6, 6.07) is 0. The molecular weight excluding hydrogens is 459 g/mol. The molecule has 7 heteroatoms. The molecule has 9 atom stereocenters. The molecule has 4 aliphatic carbocycles. The van der Waals surface area contributed by atoms with Crippen molar-refractivity contribution >= 4 is 29.1 Å². The number of esters is 1. The van der Waals surface area contributed by atoms with E-state index < -0.39 is 45.3 Å². The molecule has 0 saturated heterocycles. The highest BCUT2D eigenvalue weighted by atomic mass is 35.5. The number of ether oxygens (including phenoxy) is 1. The van der Waals surface area contributed by atoms with Gasteiger partial charge < -0.3 is 9.84 Å². The average molecular weight is 495 g/mol. The molecule has 1 N–H and O–H groups in total. The average Bonchev–Trinajstić information content (AvgIpc) is 2.99. The Morgan fingerprint density at radius 3 is 2.50 bits per heavy atom. The van der Waals surface area contributed by atoms with Gasteiger partial charge in [-0.3, -0.25) is 14.4 Å². The second-order valence-electron chi connectivity index (χ2n) is 12.4. The number of Topliss-reactive ketones (excluding diaryl/α,β-unsaturated/α-hetero) is 1. The van der Waals surface area contributed by atoms with E-state index in [1.54, 1.807) is 26.8 Å². The highest BCUT2D eigenvalue weighted by Gasteiger charge is 2.71. The van der Waals surface area contributed by atoms with Crippen LogP contribution in [0, 0.1) is 39.9 Å². The summed E-state index contributed by atoms with van der Waals surface area (Å²) >= 11 is 7.34. The zero-order valence-corrected chi connectivity index (χ0v) is 21.6. The van der Waals surface area contributed by atoms with Crippen LogP contribution in [0.15, 0.2) is 23.8 Å². The number of aliphatic hydroxyl groups excluding tert-OH is 1. The lowest BCUT2D eigenvalue weighted by Crippen LogP contribution is -2.67. The molecule has 3 fully saturated rings. The second-order valence-corrected chi connectivity index (χ2v) is 13.1. The topological polar surface area (TPSA) is 80.7 Å². The van der Waals surface area contributed by atoms with Crippen LogP contribution in [-0.2, 0) is 19.1 Å². The number of ketones is 2. The predicted octanol–water partition coefficient (Wildman–Crippen LogP) is 4.60. The maximum absolute atomic E-state index is 15.5. The van der Waals surface area contributed by atoms with E-state index in [2.05, 4.69) is 0 Å². The molecule has 0 amide bonds. The van der Waals surface area contributed by atoms with E-state index in [0.29, 0.717) is 12.0 Å². The van der Waals surface area contributed by atoms with Gasteiger partial charge in [0.15, 0.2) is 11.6 Å². The molecule has 0 aromatic rings. The number of alkyl halides is 2. The summed E-state index contributed by atoms with van der Waals surface area (Å²) in [5, 5.41) is 11.5. The molecule has 0 unspecified atom stereocenters. The fourth-order valence-electron chi connectivity index (χ4n) is 7.70. The quantitative estimate of drug-likeness (QED) is 0.458. The van der Waals surface area contributed by atoms with Crippen LogP contribution in [0.4, 0.5) is 4.39 Å². The first-order valence-electron chi connectivity index (χ1n) is 12.2. The van der Waals surface area contributed by atoms with Gasteiger partial charge >= 0.3 is 5.97 Å². The molecule has 5 nitrogen and oxygen atoms in total. The lowest BCUT2D eigenvalue weighted by Gasteiger charge is -2.63. The molecule has 4 rings (SSSR count). The van der Waals surface area contributed by atoms with Gasteiger partial charge in [0, 0.05) is 11.3 Å². The maximum Gasteiger partial charge on any atom is 0.311 e. The third kappa shape index (κ3) is 3.46. The summed E-state index contributed by atoms with van der Waals surface area (Å²) in [4.78, 5) is 36.4. The van der Waals surface area contributed by atoms with Crippen LogP contribution in [0.5, 0.6) is 0 Å². The highest BCUT2D eigenvalue weighted by Crippen LogP contribution is 2.70. The number of aliphatic hydroxyl groups is 1. The van der Waals surface area contributed by atoms with Crippen molar-refractivity contribution in [3.8, 4) is 0 Å². The van der Waals surface area contributed by atoms with Gasteiger partial charge in [0.25, 0.3) is 0 Å². The van der Waals surface area contributed by atoms with E-state index in [4.69, 9.17) is 16.3 Å². The number of rotatable bonds is 3. The summed E-state index contributed by atoms with van der Waals surface area (Å²) in [6.07, 6.45) is 3.13. The van der Waals surface area contributed by atoms with Crippen LogP contribution in [0.3, 0.4) is 0 Å². The largest absolute Gasteiger partial charge is 0.457 e. The zero-order valence-electron chi connectivity index (χ0n) is 20.9. The third-order valence-corrected chi connectivity index (χ3v) is 10.2. The van der Waals surface area contributed by atoms with Gasteiger partial charge in [-0.15, -0.1) is 11.6 Å². The van der Waals surface area contributed by atoms with Crippen LogP contribution >= 0.6 is 11.6 Å². The molecule has 0 spiro atoms. The van der Waals surface area contributed by atoms with E-state index in [9.17, 15) is 19.5 Å². The van der Waals surface area contributed by atoms with Crippen molar-refractivity contribution in [3.63, 3.8) is 0 Å². The van der Waals surface area contributed by atoms with Crippen LogP contribution in [0.1, 0.15) is 60.8 Å². The molecule has 0 radical (unpaired) electrons. The smallest absolute Gasteiger partial charge is 0.311 e. The minimum absolute atomic E-state index is 0.0201. The predicted molar refractivity (Wildman–Crippen MR) is 127 cm³/mol. The van der Waals surface area contributed by atoms with Gasteiger partial charge in [0.1, 0.15) is 12.8 Å². The van der Waals surface area contributed by atoms with Crippen molar-refractivity contribution in [2.24, 2.45) is 39.9 Å². The highest BCUT2D eigenvalue weighted by molar-refractivity contribution is 6.26. The first kappa shape index (κ1) is 25.6. The summed E-state index contributed by atoms with van der Waals surface area (Å²) in [5.74, 6) is -1.77. The molecule has 0 aromatic heterocycles. The van der Waals surface area contributed by atoms with E-state index in [1.807, 2.05) is 20.8 Å². The minimum atomic E-state index is -1.34. The first-order valence-corrected chi connectivity index (χ1v) is 12.6. The molecular formula is C27H36ClFO5. The molecule has 0 aliphatic heterocycles. The van der Waals surface area contributed by atoms with Crippen molar-refractivity contribution in [1.82, 2.24) is 0 Å². The van der Waals surface area contributed by atoms with Gasteiger partial charge in [-0.05, 0) is 80.9 Å². The Labute approximate surface area is 206 Å². The van der Waals surface area contributed by atoms with E-state index in [0.717, 1.165) is 0 Å². The molecule has 0 heterocycles. The number of allylic oxidation sites excluding steroid dienone is 4. The van der Waals surface area contributed by atoms with Crippen LogP contribution in [-0.4, -0.2) is 46.4 Å². The Morgan fingerprint density at radius 1 is 1.24 bits per heavy atom. The van der Waals surface area contributed by atoms with Gasteiger partial charge in [-0.1, -0.05) is 26.8 Å². The van der Waals surface area contributed by atoms with Gasteiger partial charge in [-0.2, -0.15) is 0 Å². The van der Waals surface area contributed by atoms with E-state index in [-0.39, 0.29) is 48.8 Å². The number of hydrogen-bond donors (Lipinski definition) is 1. The fourth-order valence-corrected chi connectivity index (χ4v) is 8.19. The van der Waals surface area contributed by atoms with Crippen LogP contribution < -0.4 is 0 Å². The van der Waals surface area contributed by atoms with Crippen molar-refractivity contribution in [3.05, 3.63) is 23.8 Å². The monoisotopic (exact) mass is 494 g/mol. The molecule has 188 valence electrons. The Bertz CT molecular complexity index is 982. The van der Waals surface area contributed by atoms with Gasteiger partial charge in [-0.25, -0.2) is 4.39 Å². The molecule has 0 aromatic carbocycles. The van der Waals surface area contributed by atoms with Crippen molar-refractivity contribution in [2.75, 3.05) is 6.61 Å². The molecule has 34 heavy (non-hydrogen) atoms. The molecule has 0 bridgehead atoms. The summed E-state index contributed by atoms with van der Waals surface area (Å²) in [7, 11) is 0. The SMILES string of the molecule is C[C@@H]1C[C@@H]2[C@@H]3C[C@H](F)C4=CC(=O)C=C[C@]4(C)[C@@]3(Cl)[C@H](O)C[C@]2(C)[C@H]1C(=O)COC(=O)C(C)(C)C.